The SMILES string of the molecule is CCC(CC)C(CC)(CC)[O][Ti](=[O])[OH]. The molecule has 84 valence electrons. The molecule has 0 spiro atoms. The van der Waals surface area contributed by atoms with Crippen LogP contribution in [0.25, 0.3) is 0 Å². The van der Waals surface area contributed by atoms with Gasteiger partial charge in [-0.25, -0.2) is 0 Å². The van der Waals surface area contributed by atoms with E-state index in [4.69, 9.17) is 7.01 Å². The van der Waals surface area contributed by atoms with E-state index in [9.17, 15) is 3.32 Å². The summed E-state index contributed by atoms with van der Waals surface area (Å²) < 4.78 is 25.2. The molecule has 0 aliphatic rings. The molecule has 0 aliphatic carbocycles. The summed E-state index contributed by atoms with van der Waals surface area (Å²) in [5.74, 6) is 0.390. The summed E-state index contributed by atoms with van der Waals surface area (Å²) in [7, 11) is 0. The molecule has 0 aliphatic heterocycles. The van der Waals surface area contributed by atoms with Crippen LogP contribution in [-0.4, -0.2) is 9.29 Å². The standard InChI is InChI=1S/C10H21O.H2O.O.Ti/c1-5-9(6-2)10(11,7-3)8-4;;;/h9H,5-8H2,1-4H3;1H2;;/q-1;;;+2/p-1. The van der Waals surface area contributed by atoms with Gasteiger partial charge < -0.3 is 0 Å². The van der Waals surface area contributed by atoms with Gasteiger partial charge in [0.15, 0.2) is 0 Å². The first-order chi connectivity index (χ1) is 6.56. The summed E-state index contributed by atoms with van der Waals surface area (Å²) in [5.41, 5.74) is -0.366. The Hall–Kier alpha value is 0.434. The first-order valence-electron chi connectivity index (χ1n) is 5.48. The monoisotopic (exact) mass is 238 g/mol. The summed E-state index contributed by atoms with van der Waals surface area (Å²) in [4.78, 5) is 0. The van der Waals surface area contributed by atoms with Gasteiger partial charge in [-0.15, -0.1) is 0 Å². The van der Waals surface area contributed by atoms with Crippen LogP contribution >= 0.6 is 0 Å². The molecular formula is C10H22O3Ti. The molecule has 14 heavy (non-hydrogen) atoms. The fraction of sp³-hybridized carbons (Fsp3) is 1.00. The summed E-state index contributed by atoms with van der Waals surface area (Å²) in [6.07, 6.45) is 3.64. The Morgan fingerprint density at radius 2 is 1.64 bits per heavy atom. The van der Waals surface area contributed by atoms with Gasteiger partial charge >= 0.3 is 93.8 Å². The Balaban J connectivity index is 4.73. The van der Waals surface area contributed by atoms with Crippen molar-refractivity contribution in [1.82, 2.24) is 0 Å². The normalized spacial score (nSPS) is 12.1. The predicted molar refractivity (Wildman–Crippen MR) is 51.4 cm³/mol. The van der Waals surface area contributed by atoms with Crippen LogP contribution in [0.15, 0.2) is 0 Å². The van der Waals surface area contributed by atoms with Crippen molar-refractivity contribution < 1.29 is 28.9 Å². The maximum atomic E-state index is 10.9. The summed E-state index contributed by atoms with van der Waals surface area (Å²) in [6.45, 7) is 8.28. The van der Waals surface area contributed by atoms with Crippen molar-refractivity contribution >= 4 is 0 Å². The molecule has 0 aromatic carbocycles. The van der Waals surface area contributed by atoms with Crippen LogP contribution in [0.4, 0.5) is 0 Å². The molecule has 3 nitrogen and oxygen atoms in total. The van der Waals surface area contributed by atoms with Gasteiger partial charge in [-0.2, -0.15) is 0 Å². The van der Waals surface area contributed by atoms with Crippen LogP contribution in [0.5, 0.6) is 0 Å². The molecule has 0 saturated carbocycles. The number of hydrogen-bond acceptors (Lipinski definition) is 2. The Kier molecular flexibility index (Phi) is 7.05. The average molecular weight is 238 g/mol. The fourth-order valence-corrected chi connectivity index (χ4v) is 3.52. The second kappa shape index (κ2) is 6.83. The molecule has 0 saturated heterocycles. The molecule has 0 atom stereocenters. The average Bonchev–Trinajstić information content (AvgIpc) is 2.17. The fourth-order valence-electron chi connectivity index (χ4n) is 2.26. The van der Waals surface area contributed by atoms with Crippen molar-refractivity contribution in [3.05, 3.63) is 0 Å². The quantitative estimate of drug-likeness (QED) is 0.693. The third-order valence-corrected chi connectivity index (χ3v) is 4.12. The van der Waals surface area contributed by atoms with Gasteiger partial charge in [0, 0.05) is 0 Å². The molecule has 0 rings (SSSR count). The first-order valence-corrected chi connectivity index (χ1v) is 7.45. The van der Waals surface area contributed by atoms with Gasteiger partial charge in [0.1, 0.15) is 0 Å². The van der Waals surface area contributed by atoms with Crippen LogP contribution in [0.2, 0.25) is 0 Å². The second-order valence-corrected chi connectivity index (χ2v) is 4.80. The van der Waals surface area contributed by atoms with Crippen molar-refractivity contribution in [2.75, 3.05) is 0 Å². The molecule has 1 N–H and O–H groups in total. The van der Waals surface area contributed by atoms with Gasteiger partial charge in [-0.05, 0) is 0 Å². The second-order valence-electron chi connectivity index (χ2n) is 3.65. The van der Waals surface area contributed by atoms with Crippen molar-refractivity contribution in [3.8, 4) is 0 Å². The van der Waals surface area contributed by atoms with Crippen molar-refractivity contribution in [2.24, 2.45) is 5.92 Å². The Bertz CT molecular complexity index is 174. The molecule has 4 heteroatoms. The van der Waals surface area contributed by atoms with E-state index in [0.717, 1.165) is 25.7 Å². The van der Waals surface area contributed by atoms with E-state index >= 15 is 0 Å². The van der Waals surface area contributed by atoms with E-state index in [1.165, 1.54) is 0 Å². The van der Waals surface area contributed by atoms with E-state index < -0.39 is 18.6 Å². The molecule has 0 fully saturated rings. The van der Waals surface area contributed by atoms with Gasteiger partial charge in [0.25, 0.3) is 0 Å². The summed E-state index contributed by atoms with van der Waals surface area (Å²) in [5, 5.41) is 0. The van der Waals surface area contributed by atoms with Crippen LogP contribution in [0.3, 0.4) is 0 Å². The van der Waals surface area contributed by atoms with E-state index in [2.05, 4.69) is 13.8 Å². The van der Waals surface area contributed by atoms with E-state index in [-0.39, 0.29) is 5.60 Å². The molecule has 0 aromatic heterocycles. The topological polar surface area (TPSA) is 46.5 Å². The Morgan fingerprint density at radius 3 is 1.86 bits per heavy atom. The minimum absolute atomic E-state index is 0.366. The molecule has 0 amide bonds. The van der Waals surface area contributed by atoms with Gasteiger partial charge in [-0.3, -0.25) is 0 Å². The zero-order chi connectivity index (χ0) is 11.2. The maximum absolute atomic E-state index is 10.9. The molecular weight excluding hydrogens is 216 g/mol. The minimum atomic E-state index is -3.42. The zero-order valence-electron chi connectivity index (χ0n) is 9.67. The summed E-state index contributed by atoms with van der Waals surface area (Å²) in [6, 6.07) is 0. The first kappa shape index (κ1) is 14.4. The van der Waals surface area contributed by atoms with Crippen LogP contribution in [-0.2, 0) is 25.3 Å². The Labute approximate surface area is 94.0 Å². The van der Waals surface area contributed by atoms with Crippen LogP contribution in [0.1, 0.15) is 53.4 Å². The predicted octanol–water partition coefficient (Wildman–Crippen LogP) is 2.78. The molecule has 0 radical (unpaired) electrons. The third-order valence-electron chi connectivity index (χ3n) is 3.22. The van der Waals surface area contributed by atoms with Crippen molar-refractivity contribution in [1.29, 1.82) is 0 Å². The van der Waals surface area contributed by atoms with Gasteiger partial charge in [0.2, 0.25) is 0 Å². The third kappa shape index (κ3) is 3.54. The summed E-state index contributed by atoms with van der Waals surface area (Å²) >= 11 is -3.42. The van der Waals surface area contributed by atoms with E-state index in [0.29, 0.717) is 5.92 Å². The molecule has 0 heterocycles. The van der Waals surface area contributed by atoms with E-state index in [1.807, 2.05) is 13.8 Å². The molecule has 0 unspecified atom stereocenters. The number of rotatable bonds is 7. The van der Waals surface area contributed by atoms with E-state index in [1.54, 1.807) is 0 Å². The van der Waals surface area contributed by atoms with Crippen LogP contribution < -0.4 is 0 Å². The molecule has 0 bridgehead atoms. The van der Waals surface area contributed by atoms with Crippen molar-refractivity contribution in [2.45, 2.75) is 59.0 Å². The van der Waals surface area contributed by atoms with Gasteiger partial charge in [0.05, 0.1) is 0 Å². The van der Waals surface area contributed by atoms with Crippen molar-refractivity contribution in [3.63, 3.8) is 0 Å². The molecule has 0 aromatic rings. The van der Waals surface area contributed by atoms with Crippen LogP contribution in [0, 0.1) is 5.92 Å². The zero-order valence-corrected chi connectivity index (χ0v) is 11.2. The number of hydrogen-bond donors (Lipinski definition) is 1. The Morgan fingerprint density at radius 1 is 1.21 bits per heavy atom. The van der Waals surface area contributed by atoms with Gasteiger partial charge in [-0.1, -0.05) is 0 Å².